The van der Waals surface area contributed by atoms with Gasteiger partial charge in [-0.15, -0.1) is 0 Å². The molecule has 96 valence electrons. The van der Waals surface area contributed by atoms with Crippen LogP contribution < -0.4 is 5.32 Å². The molecule has 0 radical (unpaired) electrons. The van der Waals surface area contributed by atoms with Gasteiger partial charge in [0.15, 0.2) is 0 Å². The van der Waals surface area contributed by atoms with Crippen molar-refractivity contribution in [1.82, 2.24) is 0 Å². The summed E-state index contributed by atoms with van der Waals surface area (Å²) in [5, 5.41) is 3.34. The molecule has 0 saturated heterocycles. The van der Waals surface area contributed by atoms with Crippen molar-refractivity contribution in [3.8, 4) is 0 Å². The molecule has 2 heteroatoms. The fourth-order valence-electron chi connectivity index (χ4n) is 1.84. The Bertz CT molecular complexity index is 569. The van der Waals surface area contributed by atoms with Crippen LogP contribution in [-0.4, -0.2) is 5.71 Å². The van der Waals surface area contributed by atoms with Crippen LogP contribution >= 0.6 is 0 Å². The summed E-state index contributed by atoms with van der Waals surface area (Å²) in [5.41, 5.74) is 4.11. The minimum atomic E-state index is 0.976. The van der Waals surface area contributed by atoms with Gasteiger partial charge in [-0.05, 0) is 44.2 Å². The molecular formula is C17H18N2. The van der Waals surface area contributed by atoms with E-state index in [1.165, 1.54) is 0 Å². The molecule has 0 aromatic heterocycles. The number of nitrogens with one attached hydrogen (secondary N) is 1. The lowest BCUT2D eigenvalue weighted by Gasteiger charge is -2.06. The predicted octanol–water partition coefficient (Wildman–Crippen LogP) is 4.79. The lowest BCUT2D eigenvalue weighted by atomic mass is 10.2. The summed E-state index contributed by atoms with van der Waals surface area (Å²) in [6.07, 6.45) is 2.04. The fourth-order valence-corrected chi connectivity index (χ4v) is 1.84. The Morgan fingerprint density at radius 3 is 2.11 bits per heavy atom. The smallest absolute Gasteiger partial charge is 0.0632 e. The van der Waals surface area contributed by atoms with E-state index in [-0.39, 0.29) is 0 Å². The molecule has 0 bridgehead atoms. The highest BCUT2D eigenvalue weighted by atomic mass is 14.9. The summed E-state index contributed by atoms with van der Waals surface area (Å²) < 4.78 is 0. The summed E-state index contributed by atoms with van der Waals surface area (Å²) in [7, 11) is 0. The van der Waals surface area contributed by atoms with Gasteiger partial charge in [0, 0.05) is 17.1 Å². The first-order valence-electron chi connectivity index (χ1n) is 6.35. The molecule has 2 nitrogen and oxygen atoms in total. The van der Waals surface area contributed by atoms with E-state index in [9.17, 15) is 0 Å². The number of benzene rings is 2. The maximum atomic E-state index is 4.54. The first-order valence-corrected chi connectivity index (χ1v) is 6.35. The Morgan fingerprint density at radius 1 is 0.895 bits per heavy atom. The van der Waals surface area contributed by atoms with Crippen molar-refractivity contribution in [2.45, 2.75) is 13.8 Å². The van der Waals surface area contributed by atoms with Crippen molar-refractivity contribution in [1.29, 1.82) is 0 Å². The highest BCUT2D eigenvalue weighted by Gasteiger charge is 1.93. The molecule has 19 heavy (non-hydrogen) atoms. The van der Waals surface area contributed by atoms with Crippen LogP contribution in [0.15, 0.2) is 77.4 Å². The lowest BCUT2D eigenvalue weighted by molar-refractivity contribution is 1.37. The van der Waals surface area contributed by atoms with E-state index in [1.807, 2.05) is 80.6 Å². The van der Waals surface area contributed by atoms with Gasteiger partial charge >= 0.3 is 0 Å². The zero-order valence-electron chi connectivity index (χ0n) is 11.3. The van der Waals surface area contributed by atoms with E-state index in [0.717, 1.165) is 22.8 Å². The molecule has 1 N–H and O–H groups in total. The third-order valence-electron chi connectivity index (χ3n) is 2.60. The van der Waals surface area contributed by atoms with Crippen molar-refractivity contribution < 1.29 is 0 Å². The SMILES string of the molecule is CC(=CC(C)=Nc1ccccc1)Nc1ccccc1. The second-order valence-electron chi connectivity index (χ2n) is 4.41. The Balaban J connectivity index is 2.06. The van der Waals surface area contributed by atoms with Gasteiger partial charge < -0.3 is 5.32 Å². The first-order chi connectivity index (χ1) is 9.24. The Kier molecular flexibility index (Phi) is 4.51. The molecule has 0 heterocycles. The zero-order chi connectivity index (χ0) is 13.5. The number of hydrogen-bond acceptors (Lipinski definition) is 2. The van der Waals surface area contributed by atoms with E-state index in [1.54, 1.807) is 0 Å². The van der Waals surface area contributed by atoms with Gasteiger partial charge in [0.1, 0.15) is 0 Å². The van der Waals surface area contributed by atoms with Crippen LogP contribution in [0.25, 0.3) is 0 Å². The molecule has 0 aliphatic heterocycles. The molecular weight excluding hydrogens is 232 g/mol. The summed E-state index contributed by atoms with van der Waals surface area (Å²) in [4.78, 5) is 4.54. The first kappa shape index (κ1) is 13.1. The highest BCUT2D eigenvalue weighted by Crippen LogP contribution is 2.12. The maximum Gasteiger partial charge on any atom is 0.0632 e. The summed E-state index contributed by atoms with van der Waals surface area (Å²) in [6.45, 7) is 4.04. The van der Waals surface area contributed by atoms with E-state index in [0.29, 0.717) is 0 Å². The molecule has 2 aromatic rings. The topological polar surface area (TPSA) is 24.4 Å². The number of anilines is 1. The lowest BCUT2D eigenvalue weighted by Crippen LogP contribution is -1.98. The van der Waals surface area contributed by atoms with E-state index in [2.05, 4.69) is 10.3 Å². The van der Waals surface area contributed by atoms with E-state index in [4.69, 9.17) is 0 Å². The van der Waals surface area contributed by atoms with Gasteiger partial charge in [0.2, 0.25) is 0 Å². The third kappa shape index (κ3) is 4.43. The maximum absolute atomic E-state index is 4.54. The standard InChI is InChI=1S/C17H18N2/c1-14(18-16-9-5-3-6-10-16)13-15(2)19-17-11-7-4-8-12-17/h3-13,18H,1-2H3. The van der Waals surface area contributed by atoms with Crippen LogP contribution in [-0.2, 0) is 0 Å². The molecule has 0 spiro atoms. The van der Waals surface area contributed by atoms with Gasteiger partial charge in [0.05, 0.1) is 5.69 Å². The zero-order valence-corrected chi connectivity index (χ0v) is 11.3. The second kappa shape index (κ2) is 6.55. The van der Waals surface area contributed by atoms with Crippen LogP contribution in [0.3, 0.4) is 0 Å². The van der Waals surface area contributed by atoms with Gasteiger partial charge in [-0.1, -0.05) is 36.4 Å². The highest BCUT2D eigenvalue weighted by molar-refractivity contribution is 5.95. The number of para-hydroxylation sites is 2. The van der Waals surface area contributed by atoms with Crippen molar-refractivity contribution in [3.05, 3.63) is 72.4 Å². The van der Waals surface area contributed by atoms with Crippen LogP contribution in [0.5, 0.6) is 0 Å². The Hall–Kier alpha value is -2.35. The van der Waals surface area contributed by atoms with Crippen molar-refractivity contribution >= 4 is 17.1 Å². The van der Waals surface area contributed by atoms with Crippen molar-refractivity contribution in [2.75, 3.05) is 5.32 Å². The normalized spacial score (nSPS) is 12.3. The fraction of sp³-hybridized carbons (Fsp3) is 0.118. The molecule has 0 saturated carbocycles. The number of allylic oxidation sites excluding steroid dienone is 2. The van der Waals surface area contributed by atoms with Crippen LogP contribution in [0, 0.1) is 0 Å². The number of aliphatic imine (C=N–C) groups is 1. The Labute approximate surface area is 114 Å². The molecule has 2 aromatic carbocycles. The van der Waals surface area contributed by atoms with Crippen LogP contribution in [0.1, 0.15) is 13.8 Å². The number of rotatable bonds is 4. The van der Waals surface area contributed by atoms with Crippen LogP contribution in [0.4, 0.5) is 11.4 Å². The van der Waals surface area contributed by atoms with Crippen molar-refractivity contribution in [3.63, 3.8) is 0 Å². The molecule has 0 unspecified atom stereocenters. The molecule has 0 aliphatic rings. The monoisotopic (exact) mass is 250 g/mol. The quantitative estimate of drug-likeness (QED) is 0.775. The summed E-state index contributed by atoms with van der Waals surface area (Å²) in [6, 6.07) is 20.1. The van der Waals surface area contributed by atoms with Gasteiger partial charge in [-0.2, -0.15) is 0 Å². The third-order valence-corrected chi connectivity index (χ3v) is 2.60. The molecule has 0 amide bonds. The second-order valence-corrected chi connectivity index (χ2v) is 4.41. The van der Waals surface area contributed by atoms with E-state index >= 15 is 0 Å². The number of hydrogen-bond donors (Lipinski definition) is 1. The summed E-state index contributed by atoms with van der Waals surface area (Å²) in [5.74, 6) is 0. The number of nitrogens with zero attached hydrogens (tertiary/aromatic N) is 1. The van der Waals surface area contributed by atoms with E-state index < -0.39 is 0 Å². The molecule has 0 fully saturated rings. The predicted molar refractivity (Wildman–Crippen MR) is 83.0 cm³/mol. The minimum absolute atomic E-state index is 0.976. The molecule has 0 atom stereocenters. The van der Waals surface area contributed by atoms with Crippen LogP contribution in [0.2, 0.25) is 0 Å². The largest absolute Gasteiger partial charge is 0.359 e. The average molecular weight is 250 g/mol. The summed E-state index contributed by atoms with van der Waals surface area (Å²) >= 11 is 0. The molecule has 2 rings (SSSR count). The van der Waals surface area contributed by atoms with Crippen molar-refractivity contribution in [2.24, 2.45) is 4.99 Å². The minimum Gasteiger partial charge on any atom is -0.359 e. The average Bonchev–Trinajstić information content (AvgIpc) is 2.40. The van der Waals surface area contributed by atoms with Gasteiger partial charge in [0.25, 0.3) is 0 Å². The Morgan fingerprint density at radius 2 is 1.47 bits per heavy atom. The van der Waals surface area contributed by atoms with Gasteiger partial charge in [-0.3, -0.25) is 4.99 Å². The molecule has 0 aliphatic carbocycles. The van der Waals surface area contributed by atoms with Gasteiger partial charge in [-0.25, -0.2) is 0 Å².